The number of unbranched alkanes of at least 4 members (excludes halogenated alkanes) is 1. The molecule has 0 spiro atoms. The number of aryl methyl sites for hydroxylation is 1. The first-order valence-electron chi connectivity index (χ1n) is 22.1. The van der Waals surface area contributed by atoms with Crippen LogP contribution in [0, 0.1) is 11.8 Å². The molecule has 2 unspecified atom stereocenters. The largest absolute Gasteiger partial charge is 0.348 e. The molecule has 0 saturated carbocycles. The van der Waals surface area contributed by atoms with Crippen molar-refractivity contribution in [3.63, 3.8) is 0 Å². The molecule has 2 fully saturated rings. The smallest absolute Gasteiger partial charge is 0.270 e. The van der Waals surface area contributed by atoms with Gasteiger partial charge in [-0.05, 0) is 85.5 Å². The molecule has 2 saturated heterocycles. The van der Waals surface area contributed by atoms with Gasteiger partial charge in [-0.15, -0.1) is 11.3 Å². The molecule has 3 N–H and O–H groups in total. The maximum atomic E-state index is 13.8. The minimum atomic E-state index is -1.03. The average Bonchev–Trinajstić information content (AvgIpc) is 4.04. The van der Waals surface area contributed by atoms with Gasteiger partial charge in [0.15, 0.2) is 5.13 Å². The van der Waals surface area contributed by atoms with Crippen LogP contribution in [0.2, 0.25) is 0 Å². The number of nitrogens with zero attached hydrogens (tertiary/aromatic N) is 5. The monoisotopic (exact) mass is 916 g/mol. The molecule has 67 heavy (non-hydrogen) atoms. The number of thiazole rings is 1. The number of hydrogen-bond acceptors (Lipinski definition) is 11. The molecule has 338 valence electrons. The Kier molecular flexibility index (Phi) is 12.8. The van der Waals surface area contributed by atoms with Crippen LogP contribution in [0.15, 0.2) is 96.6 Å². The third-order valence-corrected chi connectivity index (χ3v) is 13.1. The first kappa shape index (κ1) is 44.4. The number of likely N-dealkylation sites (tertiary alicyclic amines) is 1. The number of fused-ring (bicyclic) bond motifs is 2. The topological polar surface area (TPSA) is 208 Å². The SMILES string of the molecule is O=C1CCC(N2C(=O)c3cccc(CCCCC(=O)N4CCC(NC(=O)c5ccc(C#Cc6ccc7c(c6)C(=O)N(C(C(=O)Nc6nccs6)c6ccccc6)C7)cn5)CC4)c3C2=O)C(=O)N1. The van der Waals surface area contributed by atoms with E-state index >= 15 is 0 Å². The molecule has 4 aliphatic heterocycles. The van der Waals surface area contributed by atoms with Gasteiger partial charge < -0.3 is 15.1 Å². The molecule has 8 amide bonds. The molecule has 3 aromatic carbocycles. The van der Waals surface area contributed by atoms with Gasteiger partial charge in [0.05, 0.1) is 11.1 Å². The van der Waals surface area contributed by atoms with E-state index in [0.717, 1.165) is 10.5 Å². The molecule has 0 radical (unpaired) electrons. The number of pyridine rings is 1. The number of nitrogens with one attached hydrogen (secondary N) is 3. The van der Waals surface area contributed by atoms with Crippen LogP contribution in [-0.4, -0.2) is 97.1 Å². The van der Waals surface area contributed by atoms with Gasteiger partial charge in [0, 0.05) is 73.0 Å². The maximum absolute atomic E-state index is 13.8. The van der Waals surface area contributed by atoms with Crippen molar-refractivity contribution in [1.29, 1.82) is 0 Å². The molecule has 6 heterocycles. The Morgan fingerprint density at radius 2 is 1.61 bits per heavy atom. The standard InChI is InChI=1S/C50H44N8O8S/c59-40-20-19-39(45(62)54-40)58-48(65)36-11-6-10-32(42(36)49(58)66)7-4-5-12-41(60)56-24-21-35(22-25-56)53-44(61)38-18-16-31(28-52-38)14-13-30-15-17-34-29-57(47(64)37(34)27-30)43(33-8-2-1-3-9-33)46(63)55-50-51-23-26-67-50/h1-3,6,8-11,15-18,23,26-28,35,39,43H,4-5,7,12,19-22,24-25,29H2,(H,53,61)(H,51,55,63)(H,54,59,62). The number of hydrogen-bond donors (Lipinski definition) is 3. The molecular weight excluding hydrogens is 873 g/mol. The predicted octanol–water partition coefficient (Wildman–Crippen LogP) is 4.81. The van der Waals surface area contributed by atoms with Gasteiger partial charge in [-0.2, -0.15) is 0 Å². The lowest BCUT2D eigenvalue weighted by molar-refractivity contribution is -0.136. The lowest BCUT2D eigenvalue weighted by atomic mass is 9.97. The first-order valence-corrected chi connectivity index (χ1v) is 23.0. The van der Waals surface area contributed by atoms with Crippen molar-refractivity contribution >= 4 is 63.7 Å². The van der Waals surface area contributed by atoms with Gasteiger partial charge in [0.25, 0.3) is 29.5 Å². The summed E-state index contributed by atoms with van der Waals surface area (Å²) in [5.74, 6) is 3.03. The number of rotatable bonds is 12. The zero-order valence-corrected chi connectivity index (χ0v) is 37.0. The van der Waals surface area contributed by atoms with Crippen molar-refractivity contribution in [2.75, 3.05) is 18.4 Å². The number of imide groups is 2. The third kappa shape index (κ3) is 9.47. The van der Waals surface area contributed by atoms with E-state index in [4.69, 9.17) is 0 Å². The van der Waals surface area contributed by atoms with Crippen molar-refractivity contribution < 1.29 is 38.4 Å². The highest BCUT2D eigenvalue weighted by Gasteiger charge is 2.45. The van der Waals surface area contributed by atoms with E-state index in [9.17, 15) is 38.4 Å². The molecule has 4 aliphatic rings. The zero-order chi connectivity index (χ0) is 46.6. The lowest BCUT2D eigenvalue weighted by Crippen LogP contribution is -2.54. The summed E-state index contributed by atoms with van der Waals surface area (Å²) in [6.07, 6.45) is 6.39. The van der Waals surface area contributed by atoms with Crippen molar-refractivity contribution in [2.24, 2.45) is 0 Å². The highest BCUT2D eigenvalue weighted by molar-refractivity contribution is 7.13. The highest BCUT2D eigenvalue weighted by Crippen LogP contribution is 2.34. The first-order chi connectivity index (χ1) is 32.5. The minimum absolute atomic E-state index is 0.00863. The van der Waals surface area contributed by atoms with Crippen LogP contribution < -0.4 is 16.0 Å². The second-order valence-corrected chi connectivity index (χ2v) is 17.6. The summed E-state index contributed by atoms with van der Waals surface area (Å²) in [5, 5.41) is 10.3. The molecule has 0 aliphatic carbocycles. The molecular formula is C50H44N8O8S. The van der Waals surface area contributed by atoms with Crippen molar-refractivity contribution in [1.82, 2.24) is 35.3 Å². The number of benzene rings is 3. The Morgan fingerprint density at radius 3 is 2.36 bits per heavy atom. The lowest BCUT2D eigenvalue weighted by Gasteiger charge is -2.32. The van der Waals surface area contributed by atoms with Crippen LogP contribution in [0.4, 0.5) is 5.13 Å². The van der Waals surface area contributed by atoms with E-state index in [0.29, 0.717) is 84.6 Å². The van der Waals surface area contributed by atoms with Crippen molar-refractivity contribution in [2.45, 2.75) is 76.0 Å². The molecule has 2 atom stereocenters. The van der Waals surface area contributed by atoms with Gasteiger partial charge in [-0.25, -0.2) is 9.97 Å². The van der Waals surface area contributed by atoms with E-state index in [1.54, 1.807) is 57.8 Å². The third-order valence-electron chi connectivity index (χ3n) is 12.5. The number of piperidine rings is 2. The summed E-state index contributed by atoms with van der Waals surface area (Å²) in [5.41, 5.74) is 4.56. The Morgan fingerprint density at radius 1 is 0.821 bits per heavy atom. The number of amides is 8. The van der Waals surface area contributed by atoms with Crippen LogP contribution in [0.25, 0.3) is 0 Å². The van der Waals surface area contributed by atoms with E-state index in [1.165, 1.54) is 17.5 Å². The summed E-state index contributed by atoms with van der Waals surface area (Å²) in [6.45, 7) is 1.24. The predicted molar refractivity (Wildman–Crippen MR) is 244 cm³/mol. The quantitative estimate of drug-likeness (QED) is 0.0885. The van der Waals surface area contributed by atoms with E-state index in [1.807, 2.05) is 42.5 Å². The summed E-state index contributed by atoms with van der Waals surface area (Å²) in [7, 11) is 0. The molecule has 0 bridgehead atoms. The Balaban J connectivity index is 0.729. The second kappa shape index (κ2) is 19.3. The van der Waals surface area contributed by atoms with Crippen LogP contribution in [0.5, 0.6) is 0 Å². The Bertz CT molecular complexity index is 2870. The number of anilines is 1. The molecule has 2 aromatic heterocycles. The van der Waals surface area contributed by atoms with Crippen molar-refractivity contribution in [3.8, 4) is 11.8 Å². The fourth-order valence-electron chi connectivity index (χ4n) is 9.00. The molecule has 17 heteroatoms. The van der Waals surface area contributed by atoms with E-state index in [2.05, 4.69) is 37.8 Å². The van der Waals surface area contributed by atoms with Crippen molar-refractivity contribution in [3.05, 3.63) is 147 Å². The van der Waals surface area contributed by atoms with E-state index in [-0.39, 0.29) is 65.9 Å². The van der Waals surface area contributed by atoms with Gasteiger partial charge >= 0.3 is 0 Å². The summed E-state index contributed by atoms with van der Waals surface area (Å²) in [4.78, 5) is 117. The summed E-state index contributed by atoms with van der Waals surface area (Å²) in [6, 6.07) is 20.9. The number of carbonyl (C=O) groups excluding carboxylic acids is 8. The zero-order valence-electron chi connectivity index (χ0n) is 36.2. The van der Waals surface area contributed by atoms with E-state index < -0.39 is 35.7 Å². The van der Waals surface area contributed by atoms with Gasteiger partial charge in [-0.1, -0.05) is 60.4 Å². The normalized spacial score (nSPS) is 17.3. The molecule has 5 aromatic rings. The van der Waals surface area contributed by atoms with Crippen LogP contribution >= 0.6 is 11.3 Å². The highest BCUT2D eigenvalue weighted by atomic mass is 32.1. The molecule has 9 rings (SSSR count). The second-order valence-electron chi connectivity index (χ2n) is 16.7. The Labute approximate surface area is 389 Å². The molecule has 16 nitrogen and oxygen atoms in total. The van der Waals surface area contributed by atoms with Crippen LogP contribution in [0.3, 0.4) is 0 Å². The van der Waals surface area contributed by atoms with Gasteiger partial charge in [-0.3, -0.25) is 53.9 Å². The number of carbonyl (C=O) groups is 8. The van der Waals surface area contributed by atoms with Gasteiger partial charge in [0.2, 0.25) is 17.7 Å². The van der Waals surface area contributed by atoms with Crippen LogP contribution in [0.1, 0.15) is 120 Å². The average molecular weight is 917 g/mol. The fraction of sp³-hybridized carbons (Fsp3) is 0.280. The Hall–Kier alpha value is -7.84. The van der Waals surface area contributed by atoms with Gasteiger partial charge in [0.1, 0.15) is 17.8 Å². The summed E-state index contributed by atoms with van der Waals surface area (Å²) < 4.78 is 0. The maximum Gasteiger partial charge on any atom is 0.270 e. The fourth-order valence-corrected chi connectivity index (χ4v) is 9.53. The number of aromatic nitrogens is 2. The van der Waals surface area contributed by atoms with Crippen LogP contribution in [-0.2, 0) is 32.1 Å². The minimum Gasteiger partial charge on any atom is -0.348 e. The summed E-state index contributed by atoms with van der Waals surface area (Å²) >= 11 is 1.30.